The molecule has 3 rings (SSSR count). The molecule has 136 valence electrons. The van der Waals surface area contributed by atoms with Crippen LogP contribution in [-0.4, -0.2) is 29.6 Å². The van der Waals surface area contributed by atoms with E-state index in [0.29, 0.717) is 28.8 Å². The molecule has 0 unspecified atom stereocenters. The Morgan fingerprint density at radius 3 is 2.50 bits per heavy atom. The van der Waals surface area contributed by atoms with Crippen LogP contribution >= 0.6 is 15.9 Å². The lowest BCUT2D eigenvalue weighted by atomic mass is 9.88. The van der Waals surface area contributed by atoms with Gasteiger partial charge in [-0.1, -0.05) is 34.1 Å². The second-order valence-corrected chi connectivity index (χ2v) is 7.30. The van der Waals surface area contributed by atoms with E-state index < -0.39 is 0 Å². The van der Waals surface area contributed by atoms with Crippen molar-refractivity contribution in [1.82, 2.24) is 4.90 Å². The largest absolute Gasteiger partial charge is 0.343 e. The average Bonchev–Trinajstić information content (AvgIpc) is 2.64. The van der Waals surface area contributed by atoms with Crippen LogP contribution in [0, 0.1) is 11.7 Å². The second kappa shape index (κ2) is 8.45. The van der Waals surface area contributed by atoms with Crippen LogP contribution in [0.3, 0.4) is 0 Å². The molecule has 6 heteroatoms. The fourth-order valence-corrected chi connectivity index (χ4v) is 3.51. The minimum absolute atomic E-state index is 0.0826. The van der Waals surface area contributed by atoms with Gasteiger partial charge >= 0.3 is 0 Å². The SMILES string of the molecule is CC(=O)N1CCC(C(=NNc2ccccc2)c2ccc(Br)cc2F)CC1. The molecule has 0 aliphatic carbocycles. The minimum Gasteiger partial charge on any atom is -0.343 e. The fraction of sp³-hybridized carbons (Fsp3) is 0.300. The summed E-state index contributed by atoms with van der Waals surface area (Å²) in [5.74, 6) is -0.126. The fourth-order valence-electron chi connectivity index (χ4n) is 3.17. The molecule has 0 spiro atoms. The summed E-state index contributed by atoms with van der Waals surface area (Å²) in [5, 5.41) is 4.56. The molecule has 0 saturated carbocycles. The Balaban J connectivity index is 1.88. The summed E-state index contributed by atoms with van der Waals surface area (Å²) >= 11 is 3.30. The zero-order valence-electron chi connectivity index (χ0n) is 14.6. The van der Waals surface area contributed by atoms with Crippen LogP contribution < -0.4 is 5.43 Å². The van der Waals surface area contributed by atoms with Gasteiger partial charge < -0.3 is 4.90 Å². The van der Waals surface area contributed by atoms with Gasteiger partial charge in [-0.2, -0.15) is 5.10 Å². The smallest absolute Gasteiger partial charge is 0.219 e. The lowest BCUT2D eigenvalue weighted by molar-refractivity contribution is -0.129. The highest BCUT2D eigenvalue weighted by atomic mass is 79.9. The first kappa shape index (κ1) is 18.6. The first-order valence-electron chi connectivity index (χ1n) is 8.64. The molecular formula is C20H21BrFN3O. The van der Waals surface area contributed by atoms with E-state index in [4.69, 9.17) is 0 Å². The number of benzene rings is 2. The summed E-state index contributed by atoms with van der Waals surface area (Å²) in [7, 11) is 0. The number of carbonyl (C=O) groups is 1. The quantitative estimate of drug-likeness (QED) is 0.580. The van der Waals surface area contributed by atoms with E-state index in [1.54, 1.807) is 13.0 Å². The van der Waals surface area contributed by atoms with E-state index in [0.717, 1.165) is 18.5 Å². The van der Waals surface area contributed by atoms with Crippen LogP contribution in [0.1, 0.15) is 25.3 Å². The lowest BCUT2D eigenvalue weighted by Gasteiger charge is -2.32. The molecule has 1 aliphatic heterocycles. The van der Waals surface area contributed by atoms with Crippen molar-refractivity contribution in [1.29, 1.82) is 0 Å². The molecule has 2 aromatic rings. The third kappa shape index (κ3) is 4.49. The molecular weight excluding hydrogens is 397 g/mol. The number of hydrazone groups is 1. The Morgan fingerprint density at radius 2 is 1.88 bits per heavy atom. The van der Waals surface area contributed by atoms with Crippen LogP contribution in [-0.2, 0) is 4.79 Å². The topological polar surface area (TPSA) is 44.7 Å². The van der Waals surface area contributed by atoms with Gasteiger partial charge in [0, 0.05) is 36.0 Å². The highest BCUT2D eigenvalue weighted by Gasteiger charge is 2.27. The number of hydrogen-bond donors (Lipinski definition) is 1. The van der Waals surface area contributed by atoms with Gasteiger partial charge in [-0.15, -0.1) is 0 Å². The maximum Gasteiger partial charge on any atom is 0.219 e. The van der Waals surface area contributed by atoms with Gasteiger partial charge in [0.1, 0.15) is 5.82 Å². The zero-order chi connectivity index (χ0) is 18.5. The molecule has 1 heterocycles. The van der Waals surface area contributed by atoms with Crippen molar-refractivity contribution in [3.05, 3.63) is 64.4 Å². The number of nitrogens with zero attached hydrogens (tertiary/aromatic N) is 2. The zero-order valence-corrected chi connectivity index (χ0v) is 16.2. The lowest BCUT2D eigenvalue weighted by Crippen LogP contribution is -2.39. The third-order valence-corrected chi connectivity index (χ3v) is 5.11. The monoisotopic (exact) mass is 417 g/mol. The van der Waals surface area contributed by atoms with Crippen LogP contribution in [0.15, 0.2) is 58.1 Å². The first-order chi connectivity index (χ1) is 12.5. The predicted molar refractivity (Wildman–Crippen MR) is 106 cm³/mol. The summed E-state index contributed by atoms with van der Waals surface area (Å²) in [6.07, 6.45) is 1.54. The Morgan fingerprint density at radius 1 is 1.19 bits per heavy atom. The summed E-state index contributed by atoms with van der Waals surface area (Å²) in [6.45, 7) is 2.92. The third-order valence-electron chi connectivity index (χ3n) is 4.61. The minimum atomic E-state index is -0.304. The van der Waals surface area contributed by atoms with Gasteiger partial charge in [0.05, 0.1) is 11.4 Å². The Hall–Kier alpha value is -2.21. The van der Waals surface area contributed by atoms with Gasteiger partial charge in [0.2, 0.25) is 5.91 Å². The summed E-state index contributed by atoms with van der Waals surface area (Å²) in [5.41, 5.74) is 5.09. The summed E-state index contributed by atoms with van der Waals surface area (Å²) < 4.78 is 15.3. The van der Waals surface area contributed by atoms with Crippen molar-refractivity contribution >= 4 is 33.2 Å². The van der Waals surface area contributed by atoms with E-state index >= 15 is 0 Å². The normalized spacial score (nSPS) is 15.8. The molecule has 0 atom stereocenters. The van der Waals surface area contributed by atoms with Crippen molar-refractivity contribution in [3.8, 4) is 0 Å². The maximum atomic E-state index is 14.6. The van der Waals surface area contributed by atoms with Gasteiger partial charge in [0.15, 0.2) is 0 Å². The van der Waals surface area contributed by atoms with Crippen LogP contribution in [0.5, 0.6) is 0 Å². The van der Waals surface area contributed by atoms with Crippen LogP contribution in [0.4, 0.5) is 10.1 Å². The Kier molecular flexibility index (Phi) is 6.04. The van der Waals surface area contributed by atoms with Crippen LogP contribution in [0.25, 0.3) is 0 Å². The molecule has 1 aliphatic rings. The molecule has 0 radical (unpaired) electrons. The number of halogens is 2. The standard InChI is InChI=1S/C20H21BrFN3O/c1-14(26)25-11-9-15(10-12-25)20(18-8-7-16(21)13-19(18)22)24-23-17-5-3-2-4-6-17/h2-8,13,15,23H,9-12H2,1H3. The number of nitrogens with one attached hydrogen (secondary N) is 1. The van der Waals surface area contributed by atoms with E-state index in [1.165, 1.54) is 6.07 Å². The summed E-state index contributed by atoms with van der Waals surface area (Å²) in [4.78, 5) is 13.4. The van der Waals surface area contributed by atoms with Crippen molar-refractivity contribution in [2.75, 3.05) is 18.5 Å². The van der Waals surface area contributed by atoms with Crippen molar-refractivity contribution in [2.45, 2.75) is 19.8 Å². The molecule has 1 N–H and O–H groups in total. The predicted octanol–water partition coefficient (Wildman–Crippen LogP) is 4.66. The molecule has 1 fully saturated rings. The van der Waals surface area contributed by atoms with Gasteiger partial charge in [-0.3, -0.25) is 10.2 Å². The number of likely N-dealkylation sites (tertiary alicyclic amines) is 1. The van der Waals surface area contributed by atoms with Crippen molar-refractivity contribution < 1.29 is 9.18 Å². The van der Waals surface area contributed by atoms with Gasteiger partial charge in [0.25, 0.3) is 0 Å². The number of amides is 1. The Bertz CT molecular complexity index is 802. The first-order valence-corrected chi connectivity index (χ1v) is 9.43. The molecule has 1 amide bonds. The van der Waals surface area contributed by atoms with E-state index in [2.05, 4.69) is 26.5 Å². The number of carbonyl (C=O) groups excluding carboxylic acids is 1. The maximum absolute atomic E-state index is 14.6. The molecule has 2 aromatic carbocycles. The Labute approximate surface area is 161 Å². The summed E-state index contributed by atoms with van der Waals surface area (Å²) in [6, 6.07) is 14.6. The number of anilines is 1. The highest BCUT2D eigenvalue weighted by Crippen LogP contribution is 2.26. The van der Waals surface area contributed by atoms with E-state index in [-0.39, 0.29) is 17.6 Å². The van der Waals surface area contributed by atoms with E-state index in [1.807, 2.05) is 41.3 Å². The van der Waals surface area contributed by atoms with Crippen molar-refractivity contribution in [2.24, 2.45) is 11.0 Å². The second-order valence-electron chi connectivity index (χ2n) is 6.38. The van der Waals surface area contributed by atoms with E-state index in [9.17, 15) is 9.18 Å². The van der Waals surface area contributed by atoms with Gasteiger partial charge in [-0.25, -0.2) is 4.39 Å². The molecule has 0 aromatic heterocycles. The highest BCUT2D eigenvalue weighted by molar-refractivity contribution is 9.10. The molecule has 0 bridgehead atoms. The molecule has 4 nitrogen and oxygen atoms in total. The van der Waals surface area contributed by atoms with Crippen molar-refractivity contribution in [3.63, 3.8) is 0 Å². The number of para-hydroxylation sites is 1. The number of piperidine rings is 1. The average molecular weight is 418 g/mol. The number of rotatable bonds is 4. The number of hydrogen-bond acceptors (Lipinski definition) is 3. The van der Waals surface area contributed by atoms with Gasteiger partial charge in [-0.05, 0) is 43.2 Å². The van der Waals surface area contributed by atoms with Crippen LogP contribution in [0.2, 0.25) is 0 Å². The molecule has 26 heavy (non-hydrogen) atoms. The molecule has 1 saturated heterocycles.